The fourth-order valence-electron chi connectivity index (χ4n) is 2.25. The predicted octanol–water partition coefficient (Wildman–Crippen LogP) is 3.94. The van der Waals surface area contributed by atoms with Crippen molar-refractivity contribution in [1.29, 1.82) is 0 Å². The molecular formula is C18H18Cl2N2O4. The fraction of sp³-hybridized carbons (Fsp3) is 0.222. The van der Waals surface area contributed by atoms with Crippen LogP contribution in [-0.2, 0) is 4.79 Å². The highest BCUT2D eigenvalue weighted by Crippen LogP contribution is 2.33. The zero-order valence-electron chi connectivity index (χ0n) is 14.4. The summed E-state index contributed by atoms with van der Waals surface area (Å²) >= 11 is 11.7. The van der Waals surface area contributed by atoms with Gasteiger partial charge >= 0.3 is 0 Å². The van der Waals surface area contributed by atoms with E-state index in [1.54, 1.807) is 19.1 Å². The van der Waals surface area contributed by atoms with Crippen molar-refractivity contribution in [2.75, 3.05) is 0 Å². The van der Waals surface area contributed by atoms with Crippen molar-refractivity contribution >= 4 is 35.3 Å². The highest BCUT2D eigenvalue weighted by atomic mass is 35.5. The van der Waals surface area contributed by atoms with E-state index in [0.29, 0.717) is 16.3 Å². The lowest BCUT2D eigenvalue weighted by Crippen LogP contribution is -2.33. The molecule has 0 spiro atoms. The van der Waals surface area contributed by atoms with E-state index in [1.165, 1.54) is 18.3 Å². The molecule has 0 unspecified atom stereocenters. The van der Waals surface area contributed by atoms with Gasteiger partial charge in [0.05, 0.1) is 11.2 Å². The van der Waals surface area contributed by atoms with Crippen molar-refractivity contribution in [1.82, 2.24) is 5.43 Å². The van der Waals surface area contributed by atoms with Crippen LogP contribution in [0.4, 0.5) is 0 Å². The molecule has 0 radical (unpaired) electrons. The molecule has 8 heteroatoms. The third-order valence-electron chi connectivity index (χ3n) is 3.54. The highest BCUT2D eigenvalue weighted by Gasteiger charge is 2.17. The topological polar surface area (TPSA) is 91.2 Å². The number of benzene rings is 2. The van der Waals surface area contributed by atoms with Crippen LogP contribution in [0.1, 0.15) is 23.6 Å². The van der Waals surface area contributed by atoms with E-state index < -0.39 is 17.8 Å². The van der Waals surface area contributed by atoms with Gasteiger partial charge in [-0.05, 0) is 61.7 Å². The number of amides is 1. The van der Waals surface area contributed by atoms with Gasteiger partial charge in [-0.2, -0.15) is 5.10 Å². The Morgan fingerprint density at radius 3 is 2.38 bits per heavy atom. The highest BCUT2D eigenvalue weighted by molar-refractivity contribution is 6.32. The van der Waals surface area contributed by atoms with Crippen LogP contribution in [0.15, 0.2) is 29.4 Å². The van der Waals surface area contributed by atoms with Crippen molar-refractivity contribution in [2.45, 2.75) is 26.9 Å². The molecule has 1 atom stereocenters. The number of halogens is 2. The molecule has 3 N–H and O–H groups in total. The first-order chi connectivity index (χ1) is 12.2. The summed E-state index contributed by atoms with van der Waals surface area (Å²) in [7, 11) is 0. The van der Waals surface area contributed by atoms with E-state index in [9.17, 15) is 15.0 Å². The summed E-state index contributed by atoms with van der Waals surface area (Å²) < 4.78 is 5.71. The summed E-state index contributed by atoms with van der Waals surface area (Å²) in [5.74, 6) is -0.653. The van der Waals surface area contributed by atoms with Crippen LogP contribution in [0.25, 0.3) is 0 Å². The molecule has 0 aromatic heterocycles. The number of nitrogens with zero attached hydrogens (tertiary/aromatic N) is 1. The molecule has 2 aromatic rings. The number of carbonyl (C=O) groups excluding carboxylic acids is 1. The van der Waals surface area contributed by atoms with Gasteiger partial charge in [0.2, 0.25) is 0 Å². The van der Waals surface area contributed by atoms with Crippen LogP contribution < -0.4 is 10.2 Å². The van der Waals surface area contributed by atoms with Gasteiger partial charge in [0, 0.05) is 5.02 Å². The first-order valence-corrected chi connectivity index (χ1v) is 8.42. The molecule has 0 aliphatic carbocycles. The van der Waals surface area contributed by atoms with Gasteiger partial charge in [-0.3, -0.25) is 4.79 Å². The van der Waals surface area contributed by atoms with Crippen LogP contribution in [0.3, 0.4) is 0 Å². The lowest BCUT2D eigenvalue weighted by Gasteiger charge is -2.17. The molecule has 0 bridgehead atoms. The van der Waals surface area contributed by atoms with E-state index in [0.717, 1.165) is 11.1 Å². The van der Waals surface area contributed by atoms with Crippen LogP contribution in [0.5, 0.6) is 17.2 Å². The molecule has 0 saturated carbocycles. The van der Waals surface area contributed by atoms with Gasteiger partial charge in [-0.15, -0.1) is 0 Å². The predicted molar refractivity (Wildman–Crippen MR) is 102 cm³/mol. The number of hydrogen-bond donors (Lipinski definition) is 3. The second-order valence-electron chi connectivity index (χ2n) is 5.73. The Hall–Kier alpha value is -2.44. The number of phenolic OH excluding ortho intramolecular Hbond substituents is 2. The number of hydrogen-bond acceptors (Lipinski definition) is 5. The summed E-state index contributed by atoms with van der Waals surface area (Å²) in [6, 6.07) is 6.17. The number of nitrogens with one attached hydrogen (secondary N) is 1. The van der Waals surface area contributed by atoms with E-state index in [1.807, 2.05) is 13.8 Å². The van der Waals surface area contributed by atoms with E-state index in [4.69, 9.17) is 27.9 Å². The van der Waals surface area contributed by atoms with Crippen molar-refractivity contribution in [3.63, 3.8) is 0 Å². The van der Waals surface area contributed by atoms with E-state index in [2.05, 4.69) is 10.5 Å². The number of aryl methyl sites for hydroxylation is 2. The van der Waals surface area contributed by atoms with E-state index >= 15 is 0 Å². The fourth-order valence-corrected chi connectivity index (χ4v) is 2.80. The zero-order chi connectivity index (χ0) is 19.4. The normalized spacial score (nSPS) is 12.2. The third kappa shape index (κ3) is 4.80. The molecular weight excluding hydrogens is 379 g/mol. The SMILES string of the molecule is Cc1cc(Cl)cc(C)c1O[C@H](C)C(=O)N/N=C/c1cc(O)c(O)c(Cl)c1. The molecule has 2 aromatic carbocycles. The Kier molecular flexibility index (Phi) is 6.34. The molecule has 0 heterocycles. The lowest BCUT2D eigenvalue weighted by atomic mass is 10.1. The minimum atomic E-state index is -0.789. The monoisotopic (exact) mass is 396 g/mol. The summed E-state index contributed by atoms with van der Waals surface area (Å²) in [5.41, 5.74) is 4.41. The smallest absolute Gasteiger partial charge is 0.280 e. The molecule has 2 rings (SSSR count). The number of ether oxygens (including phenoxy) is 1. The lowest BCUT2D eigenvalue weighted by molar-refractivity contribution is -0.127. The second kappa shape index (κ2) is 8.29. The quantitative estimate of drug-likeness (QED) is 0.405. The molecule has 6 nitrogen and oxygen atoms in total. The van der Waals surface area contributed by atoms with Crippen LogP contribution in [-0.4, -0.2) is 28.4 Å². The van der Waals surface area contributed by atoms with Crippen molar-refractivity contribution < 1.29 is 19.7 Å². The standard InChI is InChI=1S/C18H18Cl2N2O4/c1-9-4-13(19)5-10(2)17(9)26-11(3)18(25)22-21-8-12-6-14(20)16(24)15(23)7-12/h4-8,11,23-24H,1-3H3,(H,22,25)/b21-8+/t11-/m1/s1. The maximum Gasteiger partial charge on any atom is 0.280 e. The average Bonchev–Trinajstić information content (AvgIpc) is 2.55. The minimum Gasteiger partial charge on any atom is -0.504 e. The number of carbonyl (C=O) groups is 1. The molecule has 138 valence electrons. The van der Waals surface area contributed by atoms with Gasteiger partial charge in [0.15, 0.2) is 17.6 Å². The summed E-state index contributed by atoms with van der Waals surface area (Å²) in [5, 5.41) is 23.3. The van der Waals surface area contributed by atoms with Gasteiger partial charge in [-0.1, -0.05) is 23.2 Å². The largest absolute Gasteiger partial charge is 0.504 e. The Balaban J connectivity index is 2.02. The summed E-state index contributed by atoms with van der Waals surface area (Å²) in [6.45, 7) is 5.29. The molecule has 0 saturated heterocycles. The van der Waals surface area contributed by atoms with Gasteiger partial charge in [0.25, 0.3) is 5.91 Å². The number of phenols is 2. The van der Waals surface area contributed by atoms with Gasteiger partial charge in [-0.25, -0.2) is 5.43 Å². The first kappa shape index (κ1) is 19.9. The molecule has 0 aliphatic heterocycles. The summed E-state index contributed by atoms with van der Waals surface area (Å²) in [6.07, 6.45) is 0.497. The van der Waals surface area contributed by atoms with Gasteiger partial charge in [0.1, 0.15) is 5.75 Å². The Labute approximate surface area is 161 Å². The van der Waals surface area contributed by atoms with Crippen LogP contribution in [0.2, 0.25) is 10.0 Å². The van der Waals surface area contributed by atoms with Gasteiger partial charge < -0.3 is 14.9 Å². The molecule has 1 amide bonds. The van der Waals surface area contributed by atoms with Crippen molar-refractivity contribution in [3.8, 4) is 17.2 Å². The van der Waals surface area contributed by atoms with Crippen LogP contribution >= 0.6 is 23.2 Å². The minimum absolute atomic E-state index is 0.0248. The van der Waals surface area contributed by atoms with Crippen molar-refractivity contribution in [2.24, 2.45) is 5.10 Å². The molecule has 26 heavy (non-hydrogen) atoms. The maximum absolute atomic E-state index is 12.1. The van der Waals surface area contributed by atoms with Crippen molar-refractivity contribution in [3.05, 3.63) is 51.0 Å². The third-order valence-corrected chi connectivity index (χ3v) is 4.05. The molecule has 0 aliphatic rings. The number of aromatic hydroxyl groups is 2. The van der Waals surface area contributed by atoms with E-state index in [-0.39, 0.29) is 10.8 Å². The first-order valence-electron chi connectivity index (χ1n) is 7.67. The number of hydrazone groups is 1. The Morgan fingerprint density at radius 1 is 1.19 bits per heavy atom. The zero-order valence-corrected chi connectivity index (χ0v) is 15.9. The average molecular weight is 397 g/mol. The maximum atomic E-state index is 12.1. The second-order valence-corrected chi connectivity index (χ2v) is 6.58. The Bertz CT molecular complexity index is 822. The number of rotatable bonds is 5. The Morgan fingerprint density at radius 2 is 1.81 bits per heavy atom. The summed E-state index contributed by atoms with van der Waals surface area (Å²) in [4.78, 5) is 12.1. The van der Waals surface area contributed by atoms with Crippen LogP contribution in [0, 0.1) is 13.8 Å². The molecule has 0 fully saturated rings.